The summed E-state index contributed by atoms with van der Waals surface area (Å²) >= 11 is 6.18. The average Bonchev–Trinajstić information content (AvgIpc) is 2.78. The summed E-state index contributed by atoms with van der Waals surface area (Å²) in [5.41, 5.74) is 1.81. The van der Waals surface area contributed by atoms with Gasteiger partial charge in [0.05, 0.1) is 18.9 Å². The number of aromatic nitrogens is 1. The second-order valence-corrected chi connectivity index (χ2v) is 7.03. The van der Waals surface area contributed by atoms with Crippen molar-refractivity contribution in [3.63, 3.8) is 0 Å². The maximum Gasteiger partial charge on any atom is 0.339 e. The molecule has 0 unspecified atom stereocenters. The van der Waals surface area contributed by atoms with Gasteiger partial charge in [0.25, 0.3) is 0 Å². The number of methoxy groups -OCH3 is 1. The van der Waals surface area contributed by atoms with E-state index in [1.165, 1.54) is 37.4 Å². The fourth-order valence-corrected chi connectivity index (χ4v) is 3.17. The molecule has 7 heteroatoms. The fraction of sp³-hybridized carbons (Fsp3) is 0.0833. The van der Waals surface area contributed by atoms with E-state index in [0.29, 0.717) is 33.3 Å². The molecule has 0 amide bonds. The van der Waals surface area contributed by atoms with Crippen molar-refractivity contribution in [2.45, 2.75) is 6.61 Å². The van der Waals surface area contributed by atoms with Crippen molar-refractivity contribution in [1.29, 1.82) is 0 Å². The van der Waals surface area contributed by atoms with Crippen LogP contribution in [0.2, 0.25) is 5.02 Å². The van der Waals surface area contributed by atoms with Crippen LogP contribution in [0.25, 0.3) is 22.7 Å². The van der Waals surface area contributed by atoms with Crippen molar-refractivity contribution >= 4 is 11.6 Å². The van der Waals surface area contributed by atoms with Crippen molar-refractivity contribution in [1.82, 2.24) is 4.98 Å². The zero-order valence-electron chi connectivity index (χ0n) is 16.5. The zero-order chi connectivity index (χ0) is 21.8. The molecule has 0 atom stereocenters. The number of nitrogens with zero attached hydrogens (tertiary/aromatic N) is 1. The van der Waals surface area contributed by atoms with Gasteiger partial charge in [-0.15, -0.1) is 0 Å². The van der Waals surface area contributed by atoms with Crippen molar-refractivity contribution < 1.29 is 18.3 Å². The molecule has 1 heterocycles. The van der Waals surface area contributed by atoms with Crippen LogP contribution in [0.1, 0.15) is 5.56 Å². The number of benzene rings is 3. The Balaban J connectivity index is 1.64. The second-order valence-electron chi connectivity index (χ2n) is 6.62. The SMILES string of the molecule is COc1cc(-c2cc(=O)oc(-c3ccc(F)cc3)n2)ccc1OCc1ccccc1Cl. The third-order valence-electron chi connectivity index (χ3n) is 4.57. The molecule has 0 aliphatic rings. The lowest BCUT2D eigenvalue weighted by Crippen LogP contribution is -2.03. The van der Waals surface area contributed by atoms with Crippen molar-refractivity contribution in [3.05, 3.63) is 99.6 Å². The van der Waals surface area contributed by atoms with E-state index in [0.717, 1.165) is 5.56 Å². The molecule has 0 fully saturated rings. The lowest BCUT2D eigenvalue weighted by molar-refractivity contribution is 0.284. The Morgan fingerprint density at radius 3 is 2.45 bits per heavy atom. The van der Waals surface area contributed by atoms with Crippen LogP contribution in [0.3, 0.4) is 0 Å². The number of ether oxygens (including phenoxy) is 2. The van der Waals surface area contributed by atoms with E-state index < -0.39 is 5.63 Å². The molecule has 4 aromatic rings. The molecule has 3 aromatic carbocycles. The molecule has 5 nitrogen and oxygen atoms in total. The predicted molar refractivity (Wildman–Crippen MR) is 116 cm³/mol. The highest BCUT2D eigenvalue weighted by Gasteiger charge is 2.13. The van der Waals surface area contributed by atoms with Crippen LogP contribution in [0.4, 0.5) is 4.39 Å². The van der Waals surface area contributed by atoms with Gasteiger partial charge in [-0.3, -0.25) is 0 Å². The minimum Gasteiger partial charge on any atom is -0.493 e. The van der Waals surface area contributed by atoms with Gasteiger partial charge >= 0.3 is 5.63 Å². The van der Waals surface area contributed by atoms with E-state index >= 15 is 0 Å². The van der Waals surface area contributed by atoms with Gasteiger partial charge in [0.15, 0.2) is 11.5 Å². The molecular formula is C24H17ClFNO4. The quantitative estimate of drug-likeness (QED) is 0.384. The molecule has 156 valence electrons. The van der Waals surface area contributed by atoms with Gasteiger partial charge in [0.1, 0.15) is 12.4 Å². The Labute approximate surface area is 182 Å². The van der Waals surface area contributed by atoms with E-state index in [2.05, 4.69) is 4.98 Å². The summed E-state index contributed by atoms with van der Waals surface area (Å²) in [7, 11) is 1.53. The summed E-state index contributed by atoms with van der Waals surface area (Å²) in [6.07, 6.45) is 0. The Hall–Kier alpha value is -3.64. The van der Waals surface area contributed by atoms with Crippen LogP contribution >= 0.6 is 11.6 Å². The van der Waals surface area contributed by atoms with Gasteiger partial charge in [0.2, 0.25) is 5.89 Å². The minimum absolute atomic E-state index is 0.0977. The van der Waals surface area contributed by atoms with Gasteiger partial charge in [-0.1, -0.05) is 29.8 Å². The van der Waals surface area contributed by atoms with Crippen molar-refractivity contribution in [2.24, 2.45) is 0 Å². The third-order valence-corrected chi connectivity index (χ3v) is 4.93. The summed E-state index contributed by atoms with van der Waals surface area (Å²) in [5.74, 6) is 0.704. The van der Waals surface area contributed by atoms with Crippen molar-refractivity contribution in [3.8, 4) is 34.2 Å². The molecule has 1 aromatic heterocycles. The molecule has 0 N–H and O–H groups in total. The first-order valence-electron chi connectivity index (χ1n) is 9.36. The number of hydrogen-bond donors (Lipinski definition) is 0. The number of rotatable bonds is 6. The summed E-state index contributed by atoms with van der Waals surface area (Å²) in [6.45, 7) is 0.275. The highest BCUT2D eigenvalue weighted by atomic mass is 35.5. The van der Waals surface area contributed by atoms with E-state index in [-0.39, 0.29) is 18.3 Å². The normalized spacial score (nSPS) is 10.7. The molecule has 0 aliphatic heterocycles. The highest BCUT2D eigenvalue weighted by molar-refractivity contribution is 6.31. The Bertz CT molecular complexity index is 1270. The van der Waals surface area contributed by atoms with E-state index in [9.17, 15) is 9.18 Å². The molecule has 0 saturated heterocycles. The van der Waals surface area contributed by atoms with E-state index in [1.807, 2.05) is 18.2 Å². The molecule has 0 saturated carbocycles. The maximum absolute atomic E-state index is 13.2. The van der Waals surface area contributed by atoms with Gasteiger partial charge in [0, 0.05) is 21.7 Å². The van der Waals surface area contributed by atoms with Crippen LogP contribution in [0.5, 0.6) is 11.5 Å². The van der Waals surface area contributed by atoms with Gasteiger partial charge in [-0.2, -0.15) is 0 Å². The highest BCUT2D eigenvalue weighted by Crippen LogP contribution is 2.33. The molecule has 31 heavy (non-hydrogen) atoms. The average molecular weight is 438 g/mol. The third kappa shape index (κ3) is 4.75. The molecule has 0 spiro atoms. The summed E-state index contributed by atoms with van der Waals surface area (Å²) in [4.78, 5) is 16.5. The Kier molecular flexibility index (Phi) is 6.00. The van der Waals surface area contributed by atoms with E-state index in [4.69, 9.17) is 25.5 Å². The fourth-order valence-electron chi connectivity index (χ4n) is 2.98. The van der Waals surface area contributed by atoms with Gasteiger partial charge in [-0.25, -0.2) is 14.2 Å². The topological polar surface area (TPSA) is 61.6 Å². The minimum atomic E-state index is -0.567. The van der Waals surface area contributed by atoms with Crippen LogP contribution < -0.4 is 15.1 Å². The smallest absolute Gasteiger partial charge is 0.339 e. The van der Waals surface area contributed by atoms with E-state index in [1.54, 1.807) is 24.3 Å². The standard InChI is InChI=1S/C24H17ClFNO4/c1-29-22-12-16(8-11-21(22)30-14-17-4-2-3-5-19(17)25)20-13-23(28)31-24(27-20)15-6-9-18(26)10-7-15/h2-13H,14H2,1H3. The summed E-state index contributed by atoms with van der Waals surface area (Å²) in [6, 6.07) is 19.5. The first-order valence-corrected chi connectivity index (χ1v) is 9.74. The lowest BCUT2D eigenvalue weighted by atomic mass is 10.1. The Morgan fingerprint density at radius 2 is 1.71 bits per heavy atom. The zero-order valence-corrected chi connectivity index (χ0v) is 17.2. The predicted octanol–water partition coefficient (Wildman–Crippen LogP) is 5.75. The molecule has 0 aliphatic carbocycles. The van der Waals surface area contributed by atoms with Crippen molar-refractivity contribution in [2.75, 3.05) is 7.11 Å². The summed E-state index contributed by atoms with van der Waals surface area (Å²) in [5, 5.41) is 0.617. The molecule has 0 bridgehead atoms. The largest absolute Gasteiger partial charge is 0.493 e. The molecule has 0 radical (unpaired) electrons. The van der Waals surface area contributed by atoms with Crippen LogP contribution in [0, 0.1) is 5.82 Å². The second kappa shape index (κ2) is 9.02. The first kappa shape index (κ1) is 20.6. The number of halogens is 2. The van der Waals surface area contributed by atoms with Gasteiger partial charge < -0.3 is 13.9 Å². The van der Waals surface area contributed by atoms with Crippen LogP contribution in [-0.2, 0) is 6.61 Å². The summed E-state index contributed by atoms with van der Waals surface area (Å²) < 4.78 is 29.7. The molecular weight excluding hydrogens is 421 g/mol. The van der Waals surface area contributed by atoms with Crippen LogP contribution in [-0.4, -0.2) is 12.1 Å². The number of hydrogen-bond acceptors (Lipinski definition) is 5. The monoisotopic (exact) mass is 437 g/mol. The molecule has 4 rings (SSSR count). The first-order chi connectivity index (χ1) is 15.0. The lowest BCUT2D eigenvalue weighted by Gasteiger charge is -2.13. The van der Waals surface area contributed by atoms with Gasteiger partial charge in [-0.05, 0) is 48.5 Å². The van der Waals surface area contributed by atoms with Crippen LogP contribution in [0.15, 0.2) is 82.0 Å². The maximum atomic E-state index is 13.2. The Morgan fingerprint density at radius 1 is 0.968 bits per heavy atom.